The first kappa shape index (κ1) is 20.5. The van der Waals surface area contributed by atoms with Crippen molar-refractivity contribution in [3.8, 4) is 0 Å². The molecule has 2 heterocycles. The Morgan fingerprint density at radius 1 is 1.46 bits per heavy atom. The molecule has 1 aliphatic heterocycles. The molecule has 0 spiro atoms. The van der Waals surface area contributed by atoms with E-state index >= 15 is 0 Å². The fourth-order valence-electron chi connectivity index (χ4n) is 2.61. The van der Waals surface area contributed by atoms with E-state index in [4.69, 9.17) is 4.74 Å². The largest absolute Gasteiger partial charge is 0.444 e. The number of hydrogen-bond acceptors (Lipinski definition) is 4. The highest BCUT2D eigenvalue weighted by molar-refractivity contribution is 9.10. The van der Waals surface area contributed by atoms with Gasteiger partial charge in [0.15, 0.2) is 5.67 Å². The molecular formula is C17H22BrF2N3O3. The number of rotatable bonds is 3. The molecule has 1 aromatic rings. The van der Waals surface area contributed by atoms with Crippen LogP contribution in [0.25, 0.3) is 0 Å². The van der Waals surface area contributed by atoms with Crippen molar-refractivity contribution in [3.05, 3.63) is 22.3 Å². The van der Waals surface area contributed by atoms with E-state index in [9.17, 15) is 18.4 Å². The molecule has 9 heteroatoms. The summed E-state index contributed by atoms with van der Waals surface area (Å²) in [6.07, 6.45) is -1.30. The highest BCUT2D eigenvalue weighted by Crippen LogP contribution is 2.33. The van der Waals surface area contributed by atoms with Gasteiger partial charge >= 0.3 is 6.09 Å². The highest BCUT2D eigenvalue weighted by atomic mass is 79.9. The molecular weight excluding hydrogens is 412 g/mol. The summed E-state index contributed by atoms with van der Waals surface area (Å²) in [7, 11) is 0. The van der Waals surface area contributed by atoms with Crippen LogP contribution in [0.15, 0.2) is 16.7 Å². The summed E-state index contributed by atoms with van der Waals surface area (Å²) in [6.45, 7) is 4.88. The van der Waals surface area contributed by atoms with Crippen molar-refractivity contribution >= 4 is 33.7 Å². The Balaban J connectivity index is 2.23. The van der Waals surface area contributed by atoms with E-state index < -0.39 is 49.0 Å². The minimum absolute atomic E-state index is 0.283. The van der Waals surface area contributed by atoms with E-state index in [2.05, 4.69) is 26.2 Å². The predicted molar refractivity (Wildman–Crippen MR) is 96.5 cm³/mol. The minimum Gasteiger partial charge on any atom is -0.444 e. The summed E-state index contributed by atoms with van der Waals surface area (Å²) in [5, 5.41) is 2.58. The molecule has 1 N–H and O–H groups in total. The maximum atomic E-state index is 14.6. The fourth-order valence-corrected chi connectivity index (χ4v) is 2.92. The Hall–Kier alpha value is -1.77. The summed E-state index contributed by atoms with van der Waals surface area (Å²) in [5.41, 5.74) is -2.41. The first-order chi connectivity index (χ1) is 11.9. The number of aromatic nitrogens is 1. The Morgan fingerprint density at radius 3 is 2.69 bits per heavy atom. The number of anilines is 1. The summed E-state index contributed by atoms with van der Waals surface area (Å²) in [5.74, 6) is -0.359. The molecule has 2 amide bonds. The zero-order valence-electron chi connectivity index (χ0n) is 15.1. The zero-order chi connectivity index (χ0) is 19.7. The van der Waals surface area contributed by atoms with Crippen LogP contribution in [0.4, 0.5) is 19.4 Å². The second kappa shape index (κ2) is 7.46. The van der Waals surface area contributed by atoms with Crippen molar-refractivity contribution in [1.29, 1.82) is 0 Å². The zero-order valence-corrected chi connectivity index (χ0v) is 16.7. The molecule has 1 aliphatic rings. The number of amides is 2. The SMILES string of the molecule is Cc1ccc(Br)nc1NC(=O)[C@@H]1C[C@](F)(CF)CN1C(=O)OC(C)(C)C. The number of carbonyl (C=O) groups is 2. The van der Waals surface area contributed by atoms with E-state index in [1.807, 2.05) is 0 Å². The lowest BCUT2D eigenvalue weighted by molar-refractivity contribution is -0.120. The van der Waals surface area contributed by atoms with Crippen LogP contribution in [0.1, 0.15) is 32.8 Å². The predicted octanol–water partition coefficient (Wildman–Crippen LogP) is 3.78. The Bertz CT molecular complexity index is 711. The van der Waals surface area contributed by atoms with E-state index in [0.717, 1.165) is 4.90 Å². The van der Waals surface area contributed by atoms with Gasteiger partial charge in [0.25, 0.3) is 0 Å². The van der Waals surface area contributed by atoms with Gasteiger partial charge in [-0.2, -0.15) is 0 Å². The molecule has 2 atom stereocenters. The van der Waals surface area contributed by atoms with E-state index in [1.165, 1.54) is 0 Å². The van der Waals surface area contributed by atoms with Crippen molar-refractivity contribution in [3.63, 3.8) is 0 Å². The lowest BCUT2D eigenvalue weighted by atomic mass is 10.0. The molecule has 6 nitrogen and oxygen atoms in total. The van der Waals surface area contributed by atoms with Crippen LogP contribution in [-0.4, -0.2) is 52.4 Å². The molecule has 1 saturated heterocycles. The van der Waals surface area contributed by atoms with Crippen LogP contribution >= 0.6 is 15.9 Å². The smallest absolute Gasteiger partial charge is 0.411 e. The molecule has 2 rings (SSSR count). The molecule has 0 saturated carbocycles. The monoisotopic (exact) mass is 433 g/mol. The van der Waals surface area contributed by atoms with Gasteiger partial charge in [0.1, 0.15) is 28.7 Å². The quantitative estimate of drug-likeness (QED) is 0.736. The van der Waals surface area contributed by atoms with Gasteiger partial charge in [-0.1, -0.05) is 6.07 Å². The molecule has 26 heavy (non-hydrogen) atoms. The highest BCUT2D eigenvalue weighted by Gasteiger charge is 2.50. The fraction of sp³-hybridized carbons (Fsp3) is 0.588. The number of halogens is 3. The summed E-state index contributed by atoms with van der Waals surface area (Å²) in [6, 6.07) is 2.27. The normalized spacial score (nSPS) is 23.0. The maximum Gasteiger partial charge on any atom is 0.411 e. The van der Waals surface area contributed by atoms with Crippen LogP contribution in [0, 0.1) is 6.92 Å². The van der Waals surface area contributed by atoms with Crippen molar-refractivity contribution in [1.82, 2.24) is 9.88 Å². The third kappa shape index (κ3) is 4.90. The number of pyridine rings is 1. The lowest BCUT2D eigenvalue weighted by Gasteiger charge is -2.28. The third-order valence-electron chi connectivity index (χ3n) is 3.86. The summed E-state index contributed by atoms with van der Waals surface area (Å²) in [4.78, 5) is 30.1. The van der Waals surface area contributed by atoms with Gasteiger partial charge in [0.2, 0.25) is 5.91 Å². The Labute approximate surface area is 159 Å². The first-order valence-electron chi connectivity index (χ1n) is 8.13. The molecule has 0 aromatic carbocycles. The molecule has 1 fully saturated rings. The van der Waals surface area contributed by atoms with Gasteiger partial charge in [-0.15, -0.1) is 0 Å². The molecule has 1 aromatic heterocycles. The molecule has 0 radical (unpaired) electrons. The number of likely N-dealkylation sites (tertiary alicyclic amines) is 1. The third-order valence-corrected chi connectivity index (χ3v) is 4.31. The standard InChI is InChI=1S/C17H22BrF2N3O3/c1-10-5-6-12(18)21-13(10)22-14(24)11-7-17(20,8-19)9-23(11)15(25)26-16(2,3)4/h5-6,11H,7-9H2,1-4H3,(H,21,22,24)/t11-,17-/m0/s1. The van der Waals surface area contributed by atoms with Crippen LogP contribution < -0.4 is 5.32 Å². The molecule has 144 valence electrons. The topological polar surface area (TPSA) is 71.5 Å². The molecule has 0 aliphatic carbocycles. The molecule has 0 bridgehead atoms. The number of nitrogens with zero attached hydrogens (tertiary/aromatic N) is 2. The van der Waals surface area contributed by atoms with Gasteiger partial charge in [0, 0.05) is 6.42 Å². The number of aryl methyl sites for hydroxylation is 1. The van der Waals surface area contributed by atoms with E-state index in [-0.39, 0.29) is 5.82 Å². The van der Waals surface area contributed by atoms with Crippen LogP contribution in [0.5, 0.6) is 0 Å². The summed E-state index contributed by atoms with van der Waals surface area (Å²) >= 11 is 3.21. The average molecular weight is 434 g/mol. The van der Waals surface area contributed by atoms with Crippen LogP contribution in [-0.2, 0) is 9.53 Å². The number of ether oxygens (including phenoxy) is 1. The van der Waals surface area contributed by atoms with Gasteiger partial charge in [-0.05, 0) is 55.3 Å². The lowest BCUT2D eigenvalue weighted by Crippen LogP contribution is -2.45. The van der Waals surface area contributed by atoms with Crippen molar-refractivity contribution in [2.24, 2.45) is 0 Å². The Morgan fingerprint density at radius 2 is 2.12 bits per heavy atom. The van der Waals surface area contributed by atoms with Gasteiger partial charge in [-0.25, -0.2) is 18.6 Å². The van der Waals surface area contributed by atoms with Crippen molar-refractivity contribution < 1.29 is 23.1 Å². The number of alkyl halides is 2. The maximum absolute atomic E-state index is 14.6. The number of nitrogens with one attached hydrogen (secondary N) is 1. The van der Waals surface area contributed by atoms with Gasteiger partial charge in [-0.3, -0.25) is 9.69 Å². The van der Waals surface area contributed by atoms with E-state index in [1.54, 1.807) is 39.8 Å². The minimum atomic E-state index is -2.28. The van der Waals surface area contributed by atoms with Gasteiger partial charge < -0.3 is 10.1 Å². The summed E-state index contributed by atoms with van der Waals surface area (Å²) < 4.78 is 33.4. The second-order valence-corrected chi connectivity index (χ2v) is 8.21. The Kier molecular flexibility index (Phi) is 5.89. The van der Waals surface area contributed by atoms with Crippen LogP contribution in [0.2, 0.25) is 0 Å². The first-order valence-corrected chi connectivity index (χ1v) is 8.92. The average Bonchev–Trinajstić information content (AvgIpc) is 2.88. The van der Waals surface area contributed by atoms with Gasteiger partial charge in [0.05, 0.1) is 6.54 Å². The number of carbonyl (C=O) groups excluding carboxylic acids is 2. The van der Waals surface area contributed by atoms with Crippen molar-refractivity contribution in [2.45, 2.75) is 51.4 Å². The number of hydrogen-bond donors (Lipinski definition) is 1. The molecule has 0 unspecified atom stereocenters. The van der Waals surface area contributed by atoms with Crippen LogP contribution in [0.3, 0.4) is 0 Å². The van der Waals surface area contributed by atoms with Crippen molar-refractivity contribution in [2.75, 3.05) is 18.5 Å². The van der Waals surface area contributed by atoms with E-state index in [0.29, 0.717) is 10.2 Å². The second-order valence-electron chi connectivity index (χ2n) is 7.40.